The van der Waals surface area contributed by atoms with E-state index in [1.54, 1.807) is 0 Å². The van der Waals surface area contributed by atoms with Crippen LogP contribution in [0.15, 0.2) is 71.9 Å². The molecule has 1 atom stereocenters. The molecule has 0 saturated heterocycles. The van der Waals surface area contributed by atoms with Crippen LogP contribution in [0.3, 0.4) is 0 Å². The van der Waals surface area contributed by atoms with Gasteiger partial charge in [0.15, 0.2) is 0 Å². The van der Waals surface area contributed by atoms with Crippen LogP contribution < -0.4 is 15.4 Å². The van der Waals surface area contributed by atoms with Gasteiger partial charge in [-0.1, -0.05) is 48.5 Å². The summed E-state index contributed by atoms with van der Waals surface area (Å²) in [5.41, 5.74) is 4.32. The number of hydrogen-bond acceptors (Lipinski definition) is 5. The third kappa shape index (κ3) is 5.26. The third-order valence-corrected chi connectivity index (χ3v) is 5.90. The normalized spacial score (nSPS) is 18.8. The zero-order chi connectivity index (χ0) is 23.2. The summed E-state index contributed by atoms with van der Waals surface area (Å²) in [5.74, 6) is 0.272. The summed E-state index contributed by atoms with van der Waals surface area (Å²) in [6.45, 7) is 4.50. The minimum Gasteiger partial charge on any atom is -0.494 e. The van der Waals surface area contributed by atoms with Gasteiger partial charge in [0, 0.05) is 25.3 Å². The first-order valence-corrected chi connectivity index (χ1v) is 11.2. The first-order chi connectivity index (χ1) is 16.1. The average molecular weight is 448 g/mol. The monoisotopic (exact) mass is 447 g/mol. The Morgan fingerprint density at radius 3 is 2.52 bits per heavy atom. The van der Waals surface area contributed by atoms with E-state index in [1.165, 1.54) is 18.2 Å². The van der Waals surface area contributed by atoms with Crippen molar-refractivity contribution < 1.29 is 19.1 Å². The molecule has 0 radical (unpaired) electrons. The summed E-state index contributed by atoms with van der Waals surface area (Å²) in [4.78, 5) is 27.5. The first kappa shape index (κ1) is 22.6. The van der Waals surface area contributed by atoms with Crippen LogP contribution in [0, 0.1) is 0 Å². The molecular weight excluding hydrogens is 418 g/mol. The van der Waals surface area contributed by atoms with Crippen molar-refractivity contribution in [1.82, 2.24) is 15.5 Å². The largest absolute Gasteiger partial charge is 0.494 e. The molecule has 0 aliphatic carbocycles. The highest BCUT2D eigenvalue weighted by Crippen LogP contribution is 2.30. The number of nitrogens with zero attached hydrogens (tertiary/aromatic N) is 1. The molecule has 2 N–H and O–H groups in total. The fourth-order valence-electron chi connectivity index (χ4n) is 4.26. The number of carbonyl (C=O) groups excluding carboxylic acids is 2. The van der Waals surface area contributed by atoms with Crippen LogP contribution in [0.1, 0.15) is 30.5 Å². The fraction of sp³-hybridized carbons (Fsp3) is 0.308. The van der Waals surface area contributed by atoms with Crippen LogP contribution in [0.5, 0.6) is 5.75 Å². The Kier molecular flexibility index (Phi) is 7.10. The molecule has 0 aromatic heterocycles. The molecule has 7 heteroatoms. The third-order valence-electron chi connectivity index (χ3n) is 5.90. The number of hydrogen-bond donors (Lipinski definition) is 2. The van der Waals surface area contributed by atoms with Crippen LogP contribution in [-0.4, -0.2) is 50.3 Å². The van der Waals surface area contributed by atoms with E-state index in [4.69, 9.17) is 9.47 Å². The average Bonchev–Trinajstić information content (AvgIpc) is 2.85. The van der Waals surface area contributed by atoms with Crippen molar-refractivity contribution in [3.63, 3.8) is 0 Å². The van der Waals surface area contributed by atoms with Gasteiger partial charge < -0.3 is 20.1 Å². The summed E-state index contributed by atoms with van der Waals surface area (Å²) in [7, 11) is 1.36. The highest BCUT2D eigenvalue weighted by molar-refractivity contribution is 5.95. The van der Waals surface area contributed by atoms with Gasteiger partial charge in [0.2, 0.25) is 0 Å². The van der Waals surface area contributed by atoms with Crippen molar-refractivity contribution in [1.29, 1.82) is 0 Å². The maximum Gasteiger partial charge on any atom is 0.338 e. The number of benzene rings is 2. The fourth-order valence-corrected chi connectivity index (χ4v) is 4.26. The van der Waals surface area contributed by atoms with E-state index in [2.05, 4.69) is 33.7 Å². The molecule has 0 spiro atoms. The minimum atomic E-state index is -0.600. The number of ether oxygens (including phenoxy) is 2. The molecule has 4 rings (SSSR count). The summed E-state index contributed by atoms with van der Waals surface area (Å²) < 4.78 is 10.6. The van der Waals surface area contributed by atoms with E-state index in [0.29, 0.717) is 24.4 Å². The number of amides is 2. The van der Waals surface area contributed by atoms with E-state index in [9.17, 15) is 9.59 Å². The molecule has 2 aliphatic rings. The van der Waals surface area contributed by atoms with Gasteiger partial charge in [0.25, 0.3) is 0 Å². The molecule has 0 saturated carbocycles. The van der Waals surface area contributed by atoms with E-state index >= 15 is 0 Å². The van der Waals surface area contributed by atoms with Gasteiger partial charge in [-0.3, -0.25) is 4.90 Å². The Balaban J connectivity index is 1.58. The lowest BCUT2D eigenvalue weighted by Gasteiger charge is -2.33. The lowest BCUT2D eigenvalue weighted by atomic mass is 9.94. The quantitative estimate of drug-likeness (QED) is 0.634. The Labute approximate surface area is 194 Å². The topological polar surface area (TPSA) is 79.9 Å². The van der Waals surface area contributed by atoms with Crippen LogP contribution >= 0.6 is 0 Å². The molecule has 1 unspecified atom stereocenters. The van der Waals surface area contributed by atoms with Gasteiger partial charge in [0.1, 0.15) is 5.75 Å². The maximum absolute atomic E-state index is 12.8. The van der Waals surface area contributed by atoms with Crippen LogP contribution in [0.4, 0.5) is 4.79 Å². The standard InChI is InChI=1S/C26H29N3O4/c1-3-33-21-11-9-20(10-12-21)24-23(25(30)32-2)22(27-26(31)28-24)17-29-15-13-19(14-16-29)18-7-5-4-6-8-18/h4-13,24H,3,14-17H2,1-2H3,(H2,27,28,31). The van der Waals surface area contributed by atoms with E-state index in [1.807, 2.05) is 49.4 Å². The Morgan fingerprint density at radius 2 is 1.88 bits per heavy atom. The molecule has 0 fully saturated rings. The van der Waals surface area contributed by atoms with Crippen molar-refractivity contribution in [2.24, 2.45) is 0 Å². The lowest BCUT2D eigenvalue weighted by Crippen LogP contribution is -2.48. The van der Waals surface area contributed by atoms with Crippen LogP contribution in [0.25, 0.3) is 5.57 Å². The summed E-state index contributed by atoms with van der Waals surface area (Å²) in [5, 5.41) is 5.71. The van der Waals surface area contributed by atoms with Gasteiger partial charge in [-0.05, 0) is 42.2 Å². The SMILES string of the molecule is CCOc1ccc(C2NC(=O)NC(CN3CC=C(c4ccccc4)CC3)=C2C(=O)OC)cc1. The molecule has 7 nitrogen and oxygen atoms in total. The second-order valence-electron chi connectivity index (χ2n) is 8.00. The molecule has 0 bridgehead atoms. The van der Waals surface area contributed by atoms with Crippen molar-refractivity contribution in [2.75, 3.05) is 33.4 Å². The van der Waals surface area contributed by atoms with Gasteiger partial charge in [-0.15, -0.1) is 0 Å². The maximum atomic E-state index is 12.8. The number of carbonyl (C=O) groups is 2. The molecule has 172 valence electrons. The van der Waals surface area contributed by atoms with Gasteiger partial charge >= 0.3 is 12.0 Å². The van der Waals surface area contributed by atoms with Crippen molar-refractivity contribution in [2.45, 2.75) is 19.4 Å². The highest BCUT2D eigenvalue weighted by atomic mass is 16.5. The zero-order valence-corrected chi connectivity index (χ0v) is 19.0. The number of methoxy groups -OCH3 is 1. The van der Waals surface area contributed by atoms with Crippen molar-refractivity contribution >= 4 is 17.6 Å². The first-order valence-electron chi connectivity index (χ1n) is 11.2. The van der Waals surface area contributed by atoms with E-state index in [0.717, 1.165) is 30.8 Å². The molecule has 2 heterocycles. The molecule has 2 aliphatic heterocycles. The van der Waals surface area contributed by atoms with Crippen molar-refractivity contribution in [3.8, 4) is 5.75 Å². The molecule has 2 aromatic rings. The summed E-state index contributed by atoms with van der Waals surface area (Å²) in [6, 6.07) is 16.8. The molecule has 2 amide bonds. The number of nitrogens with one attached hydrogen (secondary N) is 2. The number of urea groups is 1. The predicted octanol–water partition coefficient (Wildman–Crippen LogP) is 3.66. The smallest absolute Gasteiger partial charge is 0.338 e. The number of rotatable bonds is 7. The van der Waals surface area contributed by atoms with Crippen molar-refractivity contribution in [3.05, 3.63) is 83.1 Å². The zero-order valence-electron chi connectivity index (χ0n) is 19.0. The second kappa shape index (κ2) is 10.4. The molecule has 2 aromatic carbocycles. The Hall–Kier alpha value is -3.58. The minimum absolute atomic E-state index is 0.339. The molecule has 33 heavy (non-hydrogen) atoms. The van der Waals surface area contributed by atoms with Crippen LogP contribution in [-0.2, 0) is 9.53 Å². The second-order valence-corrected chi connectivity index (χ2v) is 8.00. The van der Waals surface area contributed by atoms with Gasteiger partial charge in [-0.25, -0.2) is 9.59 Å². The molecular formula is C26H29N3O4. The van der Waals surface area contributed by atoms with Gasteiger partial charge in [-0.2, -0.15) is 0 Å². The Bertz CT molecular complexity index is 1060. The lowest BCUT2D eigenvalue weighted by molar-refractivity contribution is -0.136. The summed E-state index contributed by atoms with van der Waals surface area (Å²) >= 11 is 0. The Morgan fingerprint density at radius 1 is 1.12 bits per heavy atom. The predicted molar refractivity (Wildman–Crippen MR) is 127 cm³/mol. The highest BCUT2D eigenvalue weighted by Gasteiger charge is 2.34. The van der Waals surface area contributed by atoms with Crippen LogP contribution in [0.2, 0.25) is 0 Å². The van der Waals surface area contributed by atoms with E-state index in [-0.39, 0.29) is 6.03 Å². The van der Waals surface area contributed by atoms with Gasteiger partial charge in [0.05, 0.1) is 25.3 Å². The number of esters is 1. The van der Waals surface area contributed by atoms with E-state index < -0.39 is 12.0 Å². The summed E-state index contributed by atoms with van der Waals surface area (Å²) in [6.07, 6.45) is 3.11.